The maximum Gasteiger partial charge on any atom is 0.183 e. The Kier molecular flexibility index (Phi) is 6.94. The molecule has 3 heteroatoms. The molecule has 3 nitrogen and oxygen atoms in total. The van der Waals surface area contributed by atoms with Crippen LogP contribution in [-0.4, -0.2) is 19.3 Å². The molecule has 0 saturated heterocycles. The first-order valence-electron chi connectivity index (χ1n) is 6.56. The first-order chi connectivity index (χ1) is 8.72. The fourth-order valence-electron chi connectivity index (χ4n) is 2.04. The van der Waals surface area contributed by atoms with Crippen LogP contribution in [0.25, 0.3) is 0 Å². The molecule has 0 fully saturated rings. The third-order valence-electron chi connectivity index (χ3n) is 3.08. The number of aliphatic hydroxyl groups is 1. The van der Waals surface area contributed by atoms with Gasteiger partial charge in [-0.05, 0) is 18.1 Å². The highest BCUT2D eigenvalue weighted by Crippen LogP contribution is 2.24. The molecule has 0 aliphatic heterocycles. The summed E-state index contributed by atoms with van der Waals surface area (Å²) in [5.74, 6) is 0. The first-order valence-corrected chi connectivity index (χ1v) is 6.56. The van der Waals surface area contributed by atoms with E-state index in [0.29, 0.717) is 0 Å². The van der Waals surface area contributed by atoms with Gasteiger partial charge in [0.15, 0.2) is 6.29 Å². The number of rotatable bonds is 8. The van der Waals surface area contributed by atoms with E-state index in [9.17, 15) is 5.11 Å². The Morgan fingerprint density at radius 3 is 2.39 bits per heavy atom. The number of ether oxygens (including phenoxy) is 2. The molecular formula is C15H24O3. The van der Waals surface area contributed by atoms with Crippen LogP contribution in [-0.2, 0) is 9.47 Å². The van der Waals surface area contributed by atoms with Crippen LogP contribution in [0.5, 0.6) is 0 Å². The molecule has 0 aromatic heterocycles. The lowest BCUT2D eigenvalue weighted by atomic mass is 10.0. The molecule has 0 radical (unpaired) electrons. The molecule has 18 heavy (non-hydrogen) atoms. The quantitative estimate of drug-likeness (QED) is 0.567. The van der Waals surface area contributed by atoms with Crippen LogP contribution in [0.1, 0.15) is 56.1 Å². The largest absolute Gasteiger partial charge is 0.388 e. The molecule has 1 rings (SSSR count). The lowest BCUT2D eigenvalue weighted by Gasteiger charge is -2.16. The number of aliphatic hydroxyl groups excluding tert-OH is 1. The summed E-state index contributed by atoms with van der Waals surface area (Å²) >= 11 is 0. The third kappa shape index (κ3) is 4.41. The molecule has 0 heterocycles. The van der Waals surface area contributed by atoms with E-state index >= 15 is 0 Å². The SMILES string of the molecule is CCCCCC(O)c1cccc(C(OC)OC)c1. The van der Waals surface area contributed by atoms with E-state index in [-0.39, 0.29) is 6.29 Å². The van der Waals surface area contributed by atoms with Crippen LogP contribution in [0.2, 0.25) is 0 Å². The van der Waals surface area contributed by atoms with E-state index < -0.39 is 6.10 Å². The molecule has 0 aliphatic rings. The summed E-state index contributed by atoms with van der Waals surface area (Å²) in [5.41, 5.74) is 1.87. The number of unbranched alkanes of at least 4 members (excludes halogenated alkanes) is 2. The molecule has 102 valence electrons. The Bertz CT molecular complexity index is 334. The van der Waals surface area contributed by atoms with Crippen LogP contribution >= 0.6 is 0 Å². The fourth-order valence-corrected chi connectivity index (χ4v) is 2.04. The minimum Gasteiger partial charge on any atom is -0.388 e. The third-order valence-corrected chi connectivity index (χ3v) is 3.08. The van der Waals surface area contributed by atoms with Gasteiger partial charge in [0, 0.05) is 19.8 Å². The molecule has 0 bridgehead atoms. The van der Waals surface area contributed by atoms with Crippen molar-refractivity contribution in [2.75, 3.05) is 14.2 Å². The minimum atomic E-state index is -0.397. The highest BCUT2D eigenvalue weighted by atomic mass is 16.7. The van der Waals surface area contributed by atoms with Gasteiger partial charge < -0.3 is 14.6 Å². The van der Waals surface area contributed by atoms with Gasteiger partial charge in [-0.25, -0.2) is 0 Å². The van der Waals surface area contributed by atoms with Gasteiger partial charge >= 0.3 is 0 Å². The van der Waals surface area contributed by atoms with Gasteiger partial charge in [0.25, 0.3) is 0 Å². The normalized spacial score (nSPS) is 12.9. The summed E-state index contributed by atoms with van der Waals surface area (Å²) in [4.78, 5) is 0. The van der Waals surface area contributed by atoms with Gasteiger partial charge in [0.1, 0.15) is 0 Å². The summed E-state index contributed by atoms with van der Waals surface area (Å²) in [6, 6.07) is 7.77. The molecule has 0 aliphatic carbocycles. The molecule has 0 saturated carbocycles. The zero-order valence-electron chi connectivity index (χ0n) is 11.6. The Morgan fingerprint density at radius 1 is 1.11 bits per heavy atom. The van der Waals surface area contributed by atoms with E-state index in [1.807, 2.05) is 24.3 Å². The predicted molar refractivity (Wildman–Crippen MR) is 72.3 cm³/mol. The number of hydrogen-bond acceptors (Lipinski definition) is 3. The Balaban J connectivity index is 2.68. The molecule has 1 unspecified atom stereocenters. The first kappa shape index (κ1) is 15.2. The average Bonchev–Trinajstić information content (AvgIpc) is 2.41. The summed E-state index contributed by atoms with van der Waals surface area (Å²) in [5, 5.41) is 10.1. The summed E-state index contributed by atoms with van der Waals surface area (Å²) in [6.07, 6.45) is 3.43. The smallest absolute Gasteiger partial charge is 0.183 e. The van der Waals surface area contributed by atoms with E-state index in [2.05, 4.69) is 6.92 Å². The van der Waals surface area contributed by atoms with Gasteiger partial charge in [0.05, 0.1) is 6.10 Å². The Hall–Kier alpha value is -0.900. The van der Waals surface area contributed by atoms with Gasteiger partial charge in [-0.2, -0.15) is 0 Å². The minimum absolute atomic E-state index is 0.368. The second-order valence-corrected chi connectivity index (χ2v) is 4.49. The average molecular weight is 252 g/mol. The monoisotopic (exact) mass is 252 g/mol. The van der Waals surface area contributed by atoms with Crippen LogP contribution < -0.4 is 0 Å². The zero-order valence-corrected chi connectivity index (χ0v) is 11.6. The van der Waals surface area contributed by atoms with E-state index in [1.165, 1.54) is 6.42 Å². The second kappa shape index (κ2) is 8.25. The van der Waals surface area contributed by atoms with Crippen LogP contribution in [0.4, 0.5) is 0 Å². The van der Waals surface area contributed by atoms with Crippen molar-refractivity contribution in [3.63, 3.8) is 0 Å². The van der Waals surface area contributed by atoms with E-state index in [1.54, 1.807) is 14.2 Å². The molecule has 1 aromatic carbocycles. The number of benzene rings is 1. The number of hydrogen-bond donors (Lipinski definition) is 1. The van der Waals surface area contributed by atoms with Crippen molar-refractivity contribution in [3.05, 3.63) is 35.4 Å². The van der Waals surface area contributed by atoms with Crippen molar-refractivity contribution >= 4 is 0 Å². The van der Waals surface area contributed by atoms with Crippen molar-refractivity contribution < 1.29 is 14.6 Å². The number of methoxy groups -OCH3 is 2. The molecule has 1 N–H and O–H groups in total. The van der Waals surface area contributed by atoms with Crippen molar-refractivity contribution in [1.82, 2.24) is 0 Å². The summed E-state index contributed by atoms with van der Waals surface area (Å²) in [6.45, 7) is 2.16. The lowest BCUT2D eigenvalue weighted by Crippen LogP contribution is -2.05. The Morgan fingerprint density at radius 2 is 1.78 bits per heavy atom. The maximum absolute atomic E-state index is 10.1. The molecule has 0 amide bonds. The summed E-state index contributed by atoms with van der Waals surface area (Å²) in [7, 11) is 3.22. The molecular weight excluding hydrogens is 228 g/mol. The van der Waals surface area contributed by atoms with E-state index in [0.717, 1.165) is 30.4 Å². The van der Waals surface area contributed by atoms with Gasteiger partial charge in [-0.3, -0.25) is 0 Å². The zero-order chi connectivity index (χ0) is 13.4. The predicted octanol–water partition coefficient (Wildman–Crippen LogP) is 3.59. The van der Waals surface area contributed by atoms with Gasteiger partial charge in [0.2, 0.25) is 0 Å². The second-order valence-electron chi connectivity index (χ2n) is 4.49. The molecule has 1 atom stereocenters. The van der Waals surface area contributed by atoms with Crippen LogP contribution in [0.3, 0.4) is 0 Å². The topological polar surface area (TPSA) is 38.7 Å². The van der Waals surface area contributed by atoms with Crippen molar-refractivity contribution in [1.29, 1.82) is 0 Å². The highest BCUT2D eigenvalue weighted by Gasteiger charge is 2.12. The molecule has 0 spiro atoms. The fraction of sp³-hybridized carbons (Fsp3) is 0.600. The van der Waals surface area contributed by atoms with Gasteiger partial charge in [-0.15, -0.1) is 0 Å². The lowest BCUT2D eigenvalue weighted by molar-refractivity contribution is -0.106. The highest BCUT2D eigenvalue weighted by molar-refractivity contribution is 5.26. The Labute approximate surface area is 110 Å². The standard InChI is InChI=1S/C15H24O3/c1-4-5-6-10-14(16)12-8-7-9-13(11-12)15(17-2)18-3/h7-9,11,14-16H,4-6,10H2,1-3H3. The van der Waals surface area contributed by atoms with Gasteiger partial charge in [-0.1, -0.05) is 44.4 Å². The molecule has 1 aromatic rings. The van der Waals surface area contributed by atoms with Crippen molar-refractivity contribution in [3.8, 4) is 0 Å². The van der Waals surface area contributed by atoms with Crippen molar-refractivity contribution in [2.45, 2.75) is 45.0 Å². The maximum atomic E-state index is 10.1. The van der Waals surface area contributed by atoms with E-state index in [4.69, 9.17) is 9.47 Å². The van der Waals surface area contributed by atoms with Crippen molar-refractivity contribution in [2.24, 2.45) is 0 Å². The van der Waals surface area contributed by atoms with Crippen LogP contribution in [0.15, 0.2) is 24.3 Å². The van der Waals surface area contributed by atoms with Crippen LogP contribution in [0, 0.1) is 0 Å². The summed E-state index contributed by atoms with van der Waals surface area (Å²) < 4.78 is 10.4.